The van der Waals surface area contributed by atoms with Gasteiger partial charge in [0, 0.05) is 25.7 Å². The topological polar surface area (TPSA) is 46.6 Å². The number of fused-ring (bicyclic) bond motifs is 1. The number of sulfone groups is 1. The van der Waals surface area contributed by atoms with E-state index < -0.39 is 9.84 Å². The fraction of sp³-hybridized carbons (Fsp3) is 0.368. The van der Waals surface area contributed by atoms with Crippen molar-refractivity contribution in [3.05, 3.63) is 53.6 Å². The molecule has 2 aromatic carbocycles. The Labute approximate surface area is 144 Å². The van der Waals surface area contributed by atoms with Crippen molar-refractivity contribution in [2.24, 2.45) is 0 Å². The summed E-state index contributed by atoms with van der Waals surface area (Å²) in [6.07, 6.45) is 1.50. The van der Waals surface area contributed by atoms with E-state index in [2.05, 4.69) is 0 Å². The first-order chi connectivity index (χ1) is 11.4. The van der Waals surface area contributed by atoms with Gasteiger partial charge < -0.3 is 9.64 Å². The van der Waals surface area contributed by atoms with Gasteiger partial charge in [-0.25, -0.2) is 8.42 Å². The molecule has 0 aliphatic carbocycles. The van der Waals surface area contributed by atoms with Crippen LogP contribution in [0.15, 0.2) is 47.4 Å². The van der Waals surface area contributed by atoms with Gasteiger partial charge in [-0.15, -0.1) is 0 Å². The van der Waals surface area contributed by atoms with Crippen LogP contribution in [0.2, 0.25) is 0 Å². The van der Waals surface area contributed by atoms with E-state index in [1.54, 1.807) is 13.2 Å². The number of nitrogens with zero attached hydrogens (tertiary/aromatic N) is 1. The van der Waals surface area contributed by atoms with E-state index >= 15 is 0 Å². The van der Waals surface area contributed by atoms with Crippen LogP contribution < -0.4 is 9.64 Å². The lowest BCUT2D eigenvalue weighted by atomic mass is 9.87. The number of benzene rings is 2. The summed E-state index contributed by atoms with van der Waals surface area (Å²) in [5, 5.41) is 0. The normalized spacial score (nSPS) is 19.2. The molecule has 128 valence electrons. The third kappa shape index (κ3) is 3.13. The van der Waals surface area contributed by atoms with Gasteiger partial charge in [0.05, 0.1) is 17.8 Å². The maximum absolute atomic E-state index is 12.6. The Morgan fingerprint density at radius 1 is 1.08 bits per heavy atom. The van der Waals surface area contributed by atoms with E-state index in [1.165, 1.54) is 0 Å². The first-order valence-electron chi connectivity index (χ1n) is 8.10. The van der Waals surface area contributed by atoms with Crippen LogP contribution in [0, 0.1) is 0 Å². The van der Waals surface area contributed by atoms with Gasteiger partial charge in [0.15, 0.2) is 9.84 Å². The number of hydrogen-bond acceptors (Lipinski definition) is 4. The molecular weight excluding hydrogens is 322 g/mol. The molecule has 1 aliphatic heterocycles. The third-order valence-corrected chi connectivity index (χ3v) is 6.51. The van der Waals surface area contributed by atoms with E-state index in [-0.39, 0.29) is 11.7 Å². The zero-order valence-electron chi connectivity index (χ0n) is 14.3. The highest BCUT2D eigenvalue weighted by molar-refractivity contribution is 7.91. The minimum absolute atomic E-state index is 0.0862. The Morgan fingerprint density at radius 3 is 2.42 bits per heavy atom. The Balaban J connectivity index is 2.15. The molecule has 0 spiro atoms. The zero-order valence-corrected chi connectivity index (χ0v) is 15.1. The van der Waals surface area contributed by atoms with E-state index in [1.807, 2.05) is 55.4 Å². The van der Waals surface area contributed by atoms with E-state index in [4.69, 9.17) is 4.74 Å². The monoisotopic (exact) mass is 345 g/mol. The van der Waals surface area contributed by atoms with Crippen LogP contribution >= 0.6 is 0 Å². The van der Waals surface area contributed by atoms with Gasteiger partial charge in [-0.1, -0.05) is 12.1 Å². The summed E-state index contributed by atoms with van der Waals surface area (Å²) < 4.78 is 30.5. The molecule has 1 aliphatic rings. The molecule has 0 bridgehead atoms. The van der Waals surface area contributed by atoms with Crippen molar-refractivity contribution in [2.45, 2.75) is 23.7 Å². The van der Waals surface area contributed by atoms with Gasteiger partial charge in [-0.3, -0.25) is 0 Å². The van der Waals surface area contributed by atoms with Gasteiger partial charge in [0.2, 0.25) is 0 Å². The van der Waals surface area contributed by atoms with E-state index in [9.17, 15) is 8.42 Å². The Kier molecular flexibility index (Phi) is 4.54. The summed E-state index contributed by atoms with van der Waals surface area (Å²) in [7, 11) is 2.36. The number of anilines is 1. The summed E-state index contributed by atoms with van der Waals surface area (Å²) in [6, 6.07) is 13.6. The highest BCUT2D eigenvalue weighted by atomic mass is 32.2. The lowest BCUT2D eigenvalue weighted by molar-refractivity contribution is 0.414. The van der Waals surface area contributed by atoms with Crippen molar-refractivity contribution >= 4 is 15.5 Å². The molecule has 0 saturated carbocycles. The number of hydrogen-bond donors (Lipinski definition) is 0. The lowest BCUT2D eigenvalue weighted by Crippen LogP contribution is -2.12. The molecule has 2 aromatic rings. The van der Waals surface area contributed by atoms with Crippen LogP contribution in [0.3, 0.4) is 0 Å². The minimum atomic E-state index is -3.22. The largest absolute Gasteiger partial charge is 0.497 e. The Bertz CT molecular complexity index is 826. The molecule has 0 N–H and O–H groups in total. The molecule has 0 aromatic heterocycles. The molecule has 3 rings (SSSR count). The highest BCUT2D eigenvalue weighted by Crippen LogP contribution is 2.39. The Morgan fingerprint density at radius 2 is 1.79 bits per heavy atom. The first-order valence-corrected chi connectivity index (χ1v) is 9.75. The molecule has 0 amide bonds. The fourth-order valence-electron chi connectivity index (χ4n) is 3.29. The van der Waals surface area contributed by atoms with Gasteiger partial charge >= 0.3 is 0 Å². The summed E-state index contributed by atoms with van der Waals surface area (Å²) in [5.41, 5.74) is 3.05. The maximum Gasteiger partial charge on any atom is 0.178 e. The molecular formula is C19H23NO3S. The van der Waals surface area contributed by atoms with Gasteiger partial charge in [-0.05, 0) is 54.3 Å². The highest BCUT2D eigenvalue weighted by Gasteiger charge is 2.29. The van der Waals surface area contributed by atoms with Crippen molar-refractivity contribution in [3.63, 3.8) is 0 Å². The molecule has 1 unspecified atom stereocenters. The molecule has 24 heavy (non-hydrogen) atoms. The molecule has 0 radical (unpaired) electrons. The molecule has 0 saturated heterocycles. The Hall–Kier alpha value is -2.01. The SMILES string of the molecule is COc1ccc(C2CCCS(=O)(=O)c3ccc(N(C)C)cc32)cc1. The van der Waals surface area contributed by atoms with Crippen molar-refractivity contribution in [3.8, 4) is 5.75 Å². The first kappa shape index (κ1) is 16.8. The molecule has 1 atom stereocenters. The minimum Gasteiger partial charge on any atom is -0.497 e. The van der Waals surface area contributed by atoms with Crippen LogP contribution in [0.1, 0.15) is 29.9 Å². The number of methoxy groups -OCH3 is 1. The third-order valence-electron chi connectivity index (χ3n) is 4.64. The second kappa shape index (κ2) is 6.48. The van der Waals surface area contributed by atoms with Crippen LogP contribution in [-0.4, -0.2) is 35.4 Å². The van der Waals surface area contributed by atoms with Gasteiger partial charge in [0.1, 0.15) is 5.75 Å². The second-order valence-electron chi connectivity index (χ2n) is 6.40. The van der Waals surface area contributed by atoms with Crippen molar-refractivity contribution in [2.75, 3.05) is 31.9 Å². The summed E-state index contributed by atoms with van der Waals surface area (Å²) in [4.78, 5) is 2.48. The predicted octanol–water partition coefficient (Wildman–Crippen LogP) is 3.46. The fourth-order valence-corrected chi connectivity index (χ4v) is 4.90. The van der Waals surface area contributed by atoms with E-state index in [0.29, 0.717) is 11.3 Å². The average molecular weight is 345 g/mol. The van der Waals surface area contributed by atoms with Crippen molar-refractivity contribution in [1.29, 1.82) is 0 Å². The molecule has 0 fully saturated rings. The predicted molar refractivity (Wildman–Crippen MR) is 96.9 cm³/mol. The van der Waals surface area contributed by atoms with Gasteiger partial charge in [-0.2, -0.15) is 0 Å². The standard InChI is InChI=1S/C19H23NO3S/c1-20(2)15-8-11-19-18(13-15)17(5-4-12-24(19,21)22)14-6-9-16(23-3)10-7-14/h6-11,13,17H,4-5,12H2,1-3H3. The maximum atomic E-state index is 12.6. The zero-order chi connectivity index (χ0) is 17.3. The van der Waals surface area contributed by atoms with Crippen LogP contribution in [0.4, 0.5) is 5.69 Å². The number of rotatable bonds is 3. The summed E-state index contributed by atoms with van der Waals surface area (Å²) in [5.74, 6) is 1.11. The molecule has 5 heteroatoms. The van der Waals surface area contributed by atoms with Gasteiger partial charge in [0.25, 0.3) is 0 Å². The van der Waals surface area contributed by atoms with E-state index in [0.717, 1.165) is 29.0 Å². The van der Waals surface area contributed by atoms with Crippen LogP contribution in [0.5, 0.6) is 5.75 Å². The lowest BCUT2D eigenvalue weighted by Gasteiger charge is -2.21. The van der Waals surface area contributed by atoms with Crippen LogP contribution in [-0.2, 0) is 9.84 Å². The van der Waals surface area contributed by atoms with Crippen molar-refractivity contribution in [1.82, 2.24) is 0 Å². The quantitative estimate of drug-likeness (QED) is 0.855. The second-order valence-corrected chi connectivity index (χ2v) is 8.48. The molecule has 4 nitrogen and oxygen atoms in total. The summed E-state index contributed by atoms with van der Waals surface area (Å²) >= 11 is 0. The smallest absolute Gasteiger partial charge is 0.178 e. The van der Waals surface area contributed by atoms with Crippen LogP contribution in [0.25, 0.3) is 0 Å². The molecule has 1 heterocycles. The summed E-state index contributed by atoms with van der Waals surface area (Å²) in [6.45, 7) is 0. The van der Waals surface area contributed by atoms with Crippen molar-refractivity contribution < 1.29 is 13.2 Å². The number of ether oxygens (including phenoxy) is 1. The average Bonchev–Trinajstić information content (AvgIpc) is 2.71.